The number of benzene rings is 1. The van der Waals surface area contributed by atoms with E-state index in [4.69, 9.17) is 27.9 Å². The summed E-state index contributed by atoms with van der Waals surface area (Å²) in [4.78, 5) is 23.1. The van der Waals surface area contributed by atoms with E-state index in [1.165, 1.54) is 6.07 Å². The minimum absolute atomic E-state index is 0.0748. The molecule has 122 valence electrons. The van der Waals surface area contributed by atoms with Gasteiger partial charge < -0.3 is 15.4 Å². The van der Waals surface area contributed by atoms with Crippen LogP contribution in [0, 0.1) is 5.92 Å². The average molecular weight is 347 g/mol. The third-order valence-corrected chi connectivity index (χ3v) is 3.27. The molecule has 0 aromatic heterocycles. The molecule has 1 rings (SSSR count). The van der Waals surface area contributed by atoms with Crippen LogP contribution in [0.1, 0.15) is 20.3 Å². The van der Waals surface area contributed by atoms with E-state index in [0.717, 1.165) is 6.42 Å². The fourth-order valence-corrected chi connectivity index (χ4v) is 1.99. The van der Waals surface area contributed by atoms with Crippen LogP contribution in [0.3, 0.4) is 0 Å². The first-order valence-corrected chi connectivity index (χ1v) is 7.75. The van der Waals surface area contributed by atoms with Gasteiger partial charge in [0, 0.05) is 11.6 Å². The Balaban J connectivity index is 2.24. The Morgan fingerprint density at radius 3 is 2.55 bits per heavy atom. The molecule has 0 bridgehead atoms. The number of carbonyl (C=O) groups is 2. The van der Waals surface area contributed by atoms with Crippen molar-refractivity contribution >= 4 is 35.0 Å². The highest BCUT2D eigenvalue weighted by molar-refractivity contribution is 6.35. The molecule has 0 saturated carbocycles. The molecule has 5 nitrogen and oxygen atoms in total. The summed E-state index contributed by atoms with van der Waals surface area (Å²) in [6.45, 7) is 4.46. The summed E-state index contributed by atoms with van der Waals surface area (Å²) in [5, 5.41) is 6.02. The Bertz CT molecular complexity index is 522. The molecule has 7 heteroatoms. The van der Waals surface area contributed by atoms with Crippen LogP contribution < -0.4 is 15.4 Å². The Labute approximate surface area is 140 Å². The van der Waals surface area contributed by atoms with Crippen LogP contribution >= 0.6 is 23.2 Å². The smallest absolute Gasteiger partial charge is 0.258 e. The van der Waals surface area contributed by atoms with Crippen LogP contribution in [0.5, 0.6) is 5.75 Å². The highest BCUT2D eigenvalue weighted by Gasteiger charge is 2.08. The Kier molecular flexibility index (Phi) is 8.06. The molecule has 0 heterocycles. The van der Waals surface area contributed by atoms with Gasteiger partial charge in [0.15, 0.2) is 6.61 Å². The van der Waals surface area contributed by atoms with Gasteiger partial charge in [-0.15, -0.1) is 0 Å². The van der Waals surface area contributed by atoms with Crippen molar-refractivity contribution in [1.82, 2.24) is 10.6 Å². The second-order valence-corrected chi connectivity index (χ2v) is 6.02. The fraction of sp³-hybridized carbons (Fsp3) is 0.467. The molecular formula is C15H20Cl2N2O3. The van der Waals surface area contributed by atoms with Gasteiger partial charge in [0.25, 0.3) is 5.91 Å². The second-order valence-electron chi connectivity index (χ2n) is 5.17. The lowest BCUT2D eigenvalue weighted by molar-refractivity contribution is -0.127. The largest absolute Gasteiger partial charge is 0.482 e. The Morgan fingerprint density at radius 2 is 1.91 bits per heavy atom. The van der Waals surface area contributed by atoms with Crippen molar-refractivity contribution in [3.05, 3.63) is 28.2 Å². The summed E-state index contributed by atoms with van der Waals surface area (Å²) >= 11 is 11.7. The predicted molar refractivity (Wildman–Crippen MR) is 87.4 cm³/mol. The number of rotatable bonds is 8. The van der Waals surface area contributed by atoms with Gasteiger partial charge in [0.05, 0.1) is 11.6 Å². The van der Waals surface area contributed by atoms with Crippen molar-refractivity contribution in [2.75, 3.05) is 19.7 Å². The van der Waals surface area contributed by atoms with Crippen molar-refractivity contribution in [2.24, 2.45) is 5.92 Å². The minimum atomic E-state index is -0.398. The van der Waals surface area contributed by atoms with E-state index >= 15 is 0 Å². The molecule has 2 N–H and O–H groups in total. The topological polar surface area (TPSA) is 67.4 Å². The second kappa shape index (κ2) is 9.54. The lowest BCUT2D eigenvalue weighted by atomic mass is 10.1. The van der Waals surface area contributed by atoms with Gasteiger partial charge in [0.1, 0.15) is 5.75 Å². The molecule has 0 aliphatic carbocycles. The summed E-state index contributed by atoms with van der Waals surface area (Å²) in [7, 11) is 0. The van der Waals surface area contributed by atoms with Gasteiger partial charge in [-0.05, 0) is 30.5 Å². The molecule has 0 aliphatic heterocycles. The van der Waals surface area contributed by atoms with Gasteiger partial charge >= 0.3 is 0 Å². The molecule has 22 heavy (non-hydrogen) atoms. The number of hydrogen-bond acceptors (Lipinski definition) is 3. The summed E-state index contributed by atoms with van der Waals surface area (Å²) in [5.41, 5.74) is 0. The molecule has 0 atom stereocenters. The van der Waals surface area contributed by atoms with Gasteiger partial charge in [-0.2, -0.15) is 0 Å². The van der Waals surface area contributed by atoms with Crippen molar-refractivity contribution in [3.8, 4) is 5.75 Å². The molecule has 0 fully saturated rings. The SMILES string of the molecule is CC(C)CCNC(=O)CNC(=O)COc1ccc(Cl)cc1Cl. The maximum Gasteiger partial charge on any atom is 0.258 e. The molecule has 1 aromatic rings. The molecule has 1 aromatic carbocycles. The van der Waals surface area contributed by atoms with Crippen LogP contribution in [0.4, 0.5) is 0 Å². The standard InChI is InChI=1S/C15H20Cl2N2O3/c1-10(2)5-6-18-14(20)8-19-15(21)9-22-13-4-3-11(16)7-12(13)17/h3-4,7,10H,5-6,8-9H2,1-2H3,(H,18,20)(H,19,21). The number of hydrogen-bond donors (Lipinski definition) is 2. The van der Waals surface area contributed by atoms with E-state index in [2.05, 4.69) is 24.5 Å². The summed E-state index contributed by atoms with van der Waals surface area (Å²) in [6, 6.07) is 4.72. The van der Waals surface area contributed by atoms with Crippen LogP contribution in [0.25, 0.3) is 0 Å². The van der Waals surface area contributed by atoms with Crippen LogP contribution in [-0.4, -0.2) is 31.5 Å². The van der Waals surface area contributed by atoms with E-state index in [9.17, 15) is 9.59 Å². The minimum Gasteiger partial charge on any atom is -0.482 e. The van der Waals surface area contributed by atoms with Gasteiger partial charge in [-0.25, -0.2) is 0 Å². The van der Waals surface area contributed by atoms with E-state index in [1.807, 2.05) is 0 Å². The summed E-state index contributed by atoms with van der Waals surface area (Å²) in [6.07, 6.45) is 0.901. The summed E-state index contributed by atoms with van der Waals surface area (Å²) < 4.78 is 5.26. The van der Waals surface area contributed by atoms with Crippen molar-refractivity contribution in [3.63, 3.8) is 0 Å². The van der Waals surface area contributed by atoms with E-state index in [1.54, 1.807) is 12.1 Å². The average Bonchev–Trinajstić information content (AvgIpc) is 2.43. The van der Waals surface area contributed by atoms with Crippen LogP contribution in [0.15, 0.2) is 18.2 Å². The number of ether oxygens (including phenoxy) is 1. The zero-order chi connectivity index (χ0) is 16.5. The monoisotopic (exact) mass is 346 g/mol. The molecule has 0 unspecified atom stereocenters. The number of amides is 2. The third-order valence-electron chi connectivity index (χ3n) is 2.74. The zero-order valence-corrected chi connectivity index (χ0v) is 14.1. The van der Waals surface area contributed by atoms with E-state index in [0.29, 0.717) is 28.3 Å². The van der Waals surface area contributed by atoms with E-state index in [-0.39, 0.29) is 19.1 Å². The number of carbonyl (C=O) groups excluding carboxylic acids is 2. The van der Waals surface area contributed by atoms with Gasteiger partial charge in [-0.3, -0.25) is 9.59 Å². The number of halogens is 2. The first kappa shape index (κ1) is 18.6. The fourth-order valence-electron chi connectivity index (χ4n) is 1.53. The van der Waals surface area contributed by atoms with Crippen LogP contribution in [0.2, 0.25) is 10.0 Å². The lowest BCUT2D eigenvalue weighted by Crippen LogP contribution is -2.39. The third kappa shape index (κ3) is 7.52. The normalized spacial score (nSPS) is 10.4. The molecule has 0 radical (unpaired) electrons. The molecule has 0 spiro atoms. The Morgan fingerprint density at radius 1 is 1.18 bits per heavy atom. The lowest BCUT2D eigenvalue weighted by Gasteiger charge is -2.10. The Hall–Kier alpha value is -1.46. The highest BCUT2D eigenvalue weighted by Crippen LogP contribution is 2.27. The van der Waals surface area contributed by atoms with Crippen molar-refractivity contribution in [2.45, 2.75) is 20.3 Å². The molecule has 0 saturated heterocycles. The maximum absolute atomic E-state index is 11.6. The summed E-state index contributed by atoms with van der Waals surface area (Å²) in [5.74, 6) is 0.263. The highest BCUT2D eigenvalue weighted by atomic mass is 35.5. The number of nitrogens with one attached hydrogen (secondary N) is 2. The predicted octanol–water partition coefficient (Wildman–Crippen LogP) is 2.65. The van der Waals surface area contributed by atoms with Crippen LogP contribution in [-0.2, 0) is 9.59 Å². The molecule has 0 aliphatic rings. The molecule has 2 amide bonds. The first-order chi connectivity index (χ1) is 10.4. The van der Waals surface area contributed by atoms with Crippen molar-refractivity contribution < 1.29 is 14.3 Å². The van der Waals surface area contributed by atoms with Gasteiger partial charge in [-0.1, -0.05) is 37.0 Å². The quantitative estimate of drug-likeness (QED) is 0.760. The van der Waals surface area contributed by atoms with E-state index < -0.39 is 5.91 Å². The van der Waals surface area contributed by atoms with Crippen molar-refractivity contribution in [1.29, 1.82) is 0 Å². The first-order valence-electron chi connectivity index (χ1n) is 6.99. The zero-order valence-electron chi connectivity index (χ0n) is 12.6. The maximum atomic E-state index is 11.6. The molecular weight excluding hydrogens is 327 g/mol. The van der Waals surface area contributed by atoms with Gasteiger partial charge in [0.2, 0.25) is 5.91 Å².